The molecule has 106 valence electrons. The Bertz CT molecular complexity index is 637. The molecule has 0 radical (unpaired) electrons. The van der Waals surface area contributed by atoms with Gasteiger partial charge in [-0.1, -0.05) is 6.07 Å². The SMILES string of the molecule is COC(=O)c1ccc(CNc2c(F)ccc(C)c2F)o1. The molecule has 0 saturated heterocycles. The number of anilines is 1. The summed E-state index contributed by atoms with van der Waals surface area (Å²) in [5, 5.41) is 2.61. The van der Waals surface area contributed by atoms with Crippen LogP contribution < -0.4 is 5.32 Å². The normalized spacial score (nSPS) is 10.4. The van der Waals surface area contributed by atoms with E-state index in [1.54, 1.807) is 6.92 Å². The molecule has 2 rings (SSSR count). The summed E-state index contributed by atoms with van der Waals surface area (Å²) in [6.07, 6.45) is 0. The third-order valence-corrected chi connectivity index (χ3v) is 2.77. The van der Waals surface area contributed by atoms with Gasteiger partial charge in [-0.15, -0.1) is 0 Å². The van der Waals surface area contributed by atoms with E-state index in [1.165, 1.54) is 31.4 Å². The fraction of sp³-hybridized carbons (Fsp3) is 0.214. The predicted octanol–water partition coefficient (Wildman–Crippen LogP) is 3.26. The van der Waals surface area contributed by atoms with E-state index in [1.807, 2.05) is 0 Å². The van der Waals surface area contributed by atoms with Crippen molar-refractivity contribution >= 4 is 11.7 Å². The fourth-order valence-corrected chi connectivity index (χ4v) is 1.68. The molecule has 0 amide bonds. The number of halogens is 2. The summed E-state index contributed by atoms with van der Waals surface area (Å²) < 4.78 is 36.9. The number of methoxy groups -OCH3 is 1. The fourth-order valence-electron chi connectivity index (χ4n) is 1.68. The summed E-state index contributed by atoms with van der Waals surface area (Å²) in [5.74, 6) is -1.54. The Morgan fingerprint density at radius 3 is 2.75 bits per heavy atom. The Balaban J connectivity index is 2.11. The first kappa shape index (κ1) is 14.0. The lowest BCUT2D eigenvalue weighted by molar-refractivity contribution is 0.0563. The average molecular weight is 281 g/mol. The number of carbonyl (C=O) groups is 1. The van der Waals surface area contributed by atoms with Crippen molar-refractivity contribution in [2.75, 3.05) is 12.4 Å². The Kier molecular flexibility index (Phi) is 4.02. The highest BCUT2D eigenvalue weighted by atomic mass is 19.1. The second-order valence-electron chi connectivity index (χ2n) is 4.16. The molecule has 0 bridgehead atoms. The lowest BCUT2D eigenvalue weighted by Crippen LogP contribution is -2.04. The highest BCUT2D eigenvalue weighted by molar-refractivity contribution is 5.86. The van der Waals surface area contributed by atoms with Gasteiger partial charge in [0.2, 0.25) is 5.76 Å². The van der Waals surface area contributed by atoms with Crippen LogP contribution in [-0.2, 0) is 11.3 Å². The summed E-state index contributed by atoms with van der Waals surface area (Å²) in [7, 11) is 1.24. The van der Waals surface area contributed by atoms with Crippen LogP contribution in [0.2, 0.25) is 0 Å². The molecule has 1 N–H and O–H groups in total. The number of ether oxygens (including phenoxy) is 1. The van der Waals surface area contributed by atoms with Gasteiger partial charge in [-0.25, -0.2) is 13.6 Å². The molecule has 20 heavy (non-hydrogen) atoms. The smallest absolute Gasteiger partial charge is 0.373 e. The van der Waals surface area contributed by atoms with Crippen molar-refractivity contribution in [2.45, 2.75) is 13.5 Å². The number of aryl methyl sites for hydroxylation is 1. The minimum absolute atomic E-state index is 0.0366. The molecule has 0 unspecified atom stereocenters. The Labute approximate surface area is 114 Å². The van der Waals surface area contributed by atoms with Crippen LogP contribution in [-0.4, -0.2) is 13.1 Å². The minimum atomic E-state index is -0.687. The zero-order chi connectivity index (χ0) is 14.7. The third-order valence-electron chi connectivity index (χ3n) is 2.77. The minimum Gasteiger partial charge on any atom is -0.463 e. The van der Waals surface area contributed by atoms with Gasteiger partial charge < -0.3 is 14.5 Å². The maximum absolute atomic E-state index is 13.7. The van der Waals surface area contributed by atoms with Crippen LogP contribution in [0.15, 0.2) is 28.7 Å². The number of esters is 1. The summed E-state index contributed by atoms with van der Waals surface area (Å²) in [6, 6.07) is 5.51. The van der Waals surface area contributed by atoms with E-state index in [0.29, 0.717) is 11.3 Å². The molecule has 4 nitrogen and oxygen atoms in total. The second-order valence-corrected chi connectivity index (χ2v) is 4.16. The number of hydrogen-bond donors (Lipinski definition) is 1. The number of furan rings is 1. The molecule has 0 aliphatic heterocycles. The van der Waals surface area contributed by atoms with E-state index < -0.39 is 17.6 Å². The van der Waals surface area contributed by atoms with Crippen LogP contribution in [0.3, 0.4) is 0 Å². The van der Waals surface area contributed by atoms with Crippen LogP contribution in [0.4, 0.5) is 14.5 Å². The first-order valence-corrected chi connectivity index (χ1v) is 5.88. The maximum atomic E-state index is 13.7. The molecular weight excluding hydrogens is 268 g/mol. The Morgan fingerprint density at radius 2 is 2.05 bits per heavy atom. The molecular formula is C14H13F2NO3. The van der Waals surface area contributed by atoms with E-state index >= 15 is 0 Å². The van der Waals surface area contributed by atoms with Gasteiger partial charge in [-0.3, -0.25) is 0 Å². The highest BCUT2D eigenvalue weighted by Gasteiger charge is 2.14. The summed E-state index contributed by atoms with van der Waals surface area (Å²) >= 11 is 0. The molecule has 0 aliphatic rings. The van der Waals surface area contributed by atoms with Crippen molar-refractivity contribution in [1.82, 2.24) is 0 Å². The van der Waals surface area contributed by atoms with Gasteiger partial charge in [0.15, 0.2) is 5.82 Å². The van der Waals surface area contributed by atoms with E-state index in [4.69, 9.17) is 4.42 Å². The summed E-state index contributed by atoms with van der Waals surface area (Å²) in [5.41, 5.74) is 0.115. The zero-order valence-corrected chi connectivity index (χ0v) is 11.0. The third kappa shape index (κ3) is 2.79. The van der Waals surface area contributed by atoms with Crippen LogP contribution in [0, 0.1) is 18.6 Å². The van der Waals surface area contributed by atoms with Crippen molar-refractivity contribution in [3.8, 4) is 0 Å². The van der Waals surface area contributed by atoms with E-state index in [0.717, 1.165) is 0 Å². The van der Waals surface area contributed by atoms with E-state index in [9.17, 15) is 13.6 Å². The van der Waals surface area contributed by atoms with Gasteiger partial charge in [-0.2, -0.15) is 0 Å². The number of carbonyl (C=O) groups excluding carboxylic acids is 1. The van der Waals surface area contributed by atoms with Gasteiger partial charge in [-0.05, 0) is 30.7 Å². The van der Waals surface area contributed by atoms with Gasteiger partial charge in [0.25, 0.3) is 0 Å². The Hall–Kier alpha value is -2.37. The molecule has 1 heterocycles. The first-order chi connectivity index (χ1) is 9.52. The van der Waals surface area contributed by atoms with Crippen molar-refractivity contribution in [2.24, 2.45) is 0 Å². The Morgan fingerprint density at radius 1 is 1.30 bits per heavy atom. The van der Waals surface area contributed by atoms with E-state index in [2.05, 4.69) is 10.1 Å². The molecule has 1 aromatic carbocycles. The molecule has 0 atom stereocenters. The van der Waals surface area contributed by atoms with Gasteiger partial charge in [0.1, 0.15) is 17.3 Å². The molecule has 0 aliphatic carbocycles. The van der Waals surface area contributed by atoms with Gasteiger partial charge >= 0.3 is 5.97 Å². The van der Waals surface area contributed by atoms with Crippen LogP contribution in [0.25, 0.3) is 0 Å². The summed E-state index contributed by atoms with van der Waals surface area (Å²) in [6.45, 7) is 1.59. The number of rotatable bonds is 4. The lowest BCUT2D eigenvalue weighted by Gasteiger charge is -2.08. The number of benzene rings is 1. The van der Waals surface area contributed by atoms with Crippen LogP contribution in [0.5, 0.6) is 0 Å². The molecule has 6 heteroatoms. The molecule has 2 aromatic rings. The molecule has 0 fully saturated rings. The topological polar surface area (TPSA) is 51.5 Å². The summed E-state index contributed by atoms with van der Waals surface area (Å²) in [4.78, 5) is 11.2. The van der Waals surface area contributed by atoms with Crippen LogP contribution in [0.1, 0.15) is 21.9 Å². The van der Waals surface area contributed by atoms with Crippen LogP contribution >= 0.6 is 0 Å². The second kappa shape index (κ2) is 5.73. The maximum Gasteiger partial charge on any atom is 0.373 e. The molecule has 1 aromatic heterocycles. The predicted molar refractivity (Wildman–Crippen MR) is 68.5 cm³/mol. The van der Waals surface area contributed by atoms with E-state index in [-0.39, 0.29) is 18.0 Å². The number of nitrogens with one attached hydrogen (secondary N) is 1. The standard InChI is InChI=1S/C14H13F2NO3/c1-8-3-5-10(15)13(12(8)16)17-7-9-4-6-11(20-9)14(18)19-2/h3-6,17H,7H2,1-2H3. The van der Waals surface area contributed by atoms with Crippen molar-refractivity contribution in [3.63, 3.8) is 0 Å². The first-order valence-electron chi connectivity index (χ1n) is 5.88. The van der Waals surface area contributed by atoms with Gasteiger partial charge in [0.05, 0.1) is 13.7 Å². The molecule has 0 spiro atoms. The largest absolute Gasteiger partial charge is 0.463 e. The van der Waals surface area contributed by atoms with Crippen molar-refractivity contribution in [1.29, 1.82) is 0 Å². The zero-order valence-electron chi connectivity index (χ0n) is 11.0. The van der Waals surface area contributed by atoms with Crippen molar-refractivity contribution < 1.29 is 22.7 Å². The van der Waals surface area contributed by atoms with Gasteiger partial charge in [0, 0.05) is 0 Å². The quantitative estimate of drug-likeness (QED) is 0.874. The lowest BCUT2D eigenvalue weighted by atomic mass is 10.2. The monoisotopic (exact) mass is 281 g/mol. The highest BCUT2D eigenvalue weighted by Crippen LogP contribution is 2.22. The van der Waals surface area contributed by atoms with Crippen molar-refractivity contribution in [3.05, 3.63) is 53.0 Å². The molecule has 0 saturated carbocycles. The average Bonchev–Trinajstić information content (AvgIpc) is 2.91. The number of hydrogen-bond acceptors (Lipinski definition) is 4.